The molecular weight excluding hydrogens is 620 g/mol. The summed E-state index contributed by atoms with van der Waals surface area (Å²) in [5.74, 6) is 0.921. The van der Waals surface area contributed by atoms with Crippen LogP contribution in [0.3, 0.4) is 0 Å². The molecule has 6 aromatic carbocycles. The van der Waals surface area contributed by atoms with E-state index in [1.165, 1.54) is 11.1 Å². The monoisotopic (exact) mass is 660 g/mol. The number of aryl methyl sites for hydroxylation is 2. The first-order valence-electron chi connectivity index (χ1n) is 16.8. The van der Waals surface area contributed by atoms with E-state index in [-0.39, 0.29) is 11.8 Å². The van der Waals surface area contributed by atoms with Crippen molar-refractivity contribution in [2.24, 2.45) is 0 Å². The van der Waals surface area contributed by atoms with Crippen molar-refractivity contribution in [1.82, 2.24) is 0 Å². The summed E-state index contributed by atoms with van der Waals surface area (Å²) in [7, 11) is 0. The maximum atomic E-state index is 13.2. The molecule has 0 saturated heterocycles. The van der Waals surface area contributed by atoms with Gasteiger partial charge < -0.3 is 20.1 Å². The lowest BCUT2D eigenvalue weighted by Gasteiger charge is -2.14. The number of anilines is 2. The molecule has 0 spiro atoms. The van der Waals surface area contributed by atoms with Crippen molar-refractivity contribution >= 4 is 23.2 Å². The molecule has 6 nitrogen and oxygen atoms in total. The first-order valence-corrected chi connectivity index (χ1v) is 16.8. The zero-order valence-corrected chi connectivity index (χ0v) is 28.3. The lowest BCUT2D eigenvalue weighted by atomic mass is 9.99. The van der Waals surface area contributed by atoms with Crippen molar-refractivity contribution in [2.45, 2.75) is 26.7 Å². The van der Waals surface area contributed by atoms with Crippen molar-refractivity contribution in [3.05, 3.63) is 179 Å². The van der Waals surface area contributed by atoms with Crippen LogP contribution in [0.2, 0.25) is 0 Å². The van der Waals surface area contributed by atoms with Crippen LogP contribution in [0.1, 0.15) is 43.0 Å². The third-order valence-corrected chi connectivity index (χ3v) is 8.48. The average molecular weight is 661 g/mol. The van der Waals surface area contributed by atoms with Crippen LogP contribution in [-0.4, -0.2) is 25.0 Å². The summed E-state index contributed by atoms with van der Waals surface area (Å²) in [4.78, 5) is 26.3. The van der Waals surface area contributed by atoms with E-state index in [1.54, 1.807) is 24.3 Å². The summed E-state index contributed by atoms with van der Waals surface area (Å²) in [6.07, 6.45) is 1.58. The fraction of sp³-hybridized carbons (Fsp3) is 0.136. The molecule has 0 aliphatic heterocycles. The van der Waals surface area contributed by atoms with Gasteiger partial charge in [0, 0.05) is 35.3 Å². The number of hydrogen-bond acceptors (Lipinski definition) is 4. The number of hydrogen-bond donors (Lipinski definition) is 2. The highest BCUT2D eigenvalue weighted by Gasteiger charge is 2.13. The summed E-state index contributed by atoms with van der Waals surface area (Å²) in [6, 6.07) is 46.7. The molecule has 250 valence electrons. The maximum Gasteiger partial charge on any atom is 0.255 e. The van der Waals surface area contributed by atoms with Gasteiger partial charge in [0.2, 0.25) is 0 Å². The van der Waals surface area contributed by atoms with Gasteiger partial charge in [-0.25, -0.2) is 0 Å². The highest BCUT2D eigenvalue weighted by molar-refractivity contribution is 6.05. The minimum atomic E-state index is -0.199. The van der Waals surface area contributed by atoms with Crippen LogP contribution in [0.4, 0.5) is 11.4 Å². The number of rotatable bonds is 13. The molecular formula is C44H40N2O4. The van der Waals surface area contributed by atoms with Gasteiger partial charge in [0.1, 0.15) is 11.5 Å². The Kier molecular flexibility index (Phi) is 11.0. The molecule has 0 bridgehead atoms. The van der Waals surface area contributed by atoms with E-state index in [9.17, 15) is 9.59 Å². The van der Waals surface area contributed by atoms with Gasteiger partial charge in [0.15, 0.2) is 0 Å². The largest absolute Gasteiger partial charge is 0.493 e. The van der Waals surface area contributed by atoms with Gasteiger partial charge in [-0.3, -0.25) is 9.59 Å². The highest BCUT2D eigenvalue weighted by Crippen LogP contribution is 2.29. The van der Waals surface area contributed by atoms with Crippen molar-refractivity contribution < 1.29 is 19.1 Å². The minimum absolute atomic E-state index is 0.199. The molecule has 0 atom stereocenters. The Labute approximate surface area is 293 Å². The van der Waals surface area contributed by atoms with Gasteiger partial charge in [0.05, 0.1) is 13.2 Å². The Hall–Kier alpha value is -6.14. The van der Waals surface area contributed by atoms with Crippen LogP contribution in [-0.2, 0) is 12.8 Å². The van der Waals surface area contributed by atoms with Gasteiger partial charge in [-0.15, -0.1) is 0 Å². The smallest absolute Gasteiger partial charge is 0.255 e. The zero-order valence-electron chi connectivity index (χ0n) is 28.3. The summed E-state index contributed by atoms with van der Waals surface area (Å²) < 4.78 is 11.8. The molecule has 2 N–H and O–H groups in total. The third-order valence-electron chi connectivity index (χ3n) is 8.48. The molecule has 6 aromatic rings. The summed E-state index contributed by atoms with van der Waals surface area (Å²) in [6.45, 7) is 5.01. The average Bonchev–Trinajstić information content (AvgIpc) is 3.14. The van der Waals surface area contributed by atoms with E-state index >= 15 is 0 Å². The van der Waals surface area contributed by atoms with Crippen molar-refractivity contribution in [3.8, 4) is 22.6 Å². The standard InChI is InChI=1S/C44H40N2O4/c1-31-27-35(19-21-41(31)45-43(47)37-15-9-17-39(29-37)49-25-23-33-11-5-3-6-12-33)36-20-22-42(32(2)28-36)46-44(48)38-16-10-18-40(30-38)50-26-24-34-13-7-4-8-14-34/h3-22,27-30H,23-26H2,1-2H3,(H,45,47)(H,46,48). The Morgan fingerprint density at radius 1 is 0.480 bits per heavy atom. The fourth-order valence-electron chi connectivity index (χ4n) is 5.67. The van der Waals surface area contributed by atoms with E-state index in [0.717, 1.165) is 46.5 Å². The molecule has 50 heavy (non-hydrogen) atoms. The molecule has 2 amide bonds. The van der Waals surface area contributed by atoms with Crippen LogP contribution >= 0.6 is 0 Å². The predicted octanol–water partition coefficient (Wildman–Crippen LogP) is 9.72. The predicted molar refractivity (Wildman–Crippen MR) is 201 cm³/mol. The molecule has 0 aliphatic carbocycles. The summed E-state index contributed by atoms with van der Waals surface area (Å²) in [5, 5.41) is 6.09. The van der Waals surface area contributed by atoms with Crippen molar-refractivity contribution in [3.63, 3.8) is 0 Å². The molecule has 0 aromatic heterocycles. The van der Waals surface area contributed by atoms with E-state index in [0.29, 0.717) is 35.8 Å². The molecule has 0 heterocycles. The Morgan fingerprint density at radius 3 is 1.30 bits per heavy atom. The second kappa shape index (κ2) is 16.3. The molecule has 0 radical (unpaired) electrons. The quantitative estimate of drug-likeness (QED) is 0.129. The van der Waals surface area contributed by atoms with Gasteiger partial charge in [0.25, 0.3) is 11.8 Å². The van der Waals surface area contributed by atoms with Crippen LogP contribution in [0.15, 0.2) is 146 Å². The van der Waals surface area contributed by atoms with Crippen LogP contribution in [0.5, 0.6) is 11.5 Å². The van der Waals surface area contributed by atoms with E-state index in [4.69, 9.17) is 9.47 Å². The lowest BCUT2D eigenvalue weighted by Crippen LogP contribution is -2.13. The summed E-state index contributed by atoms with van der Waals surface area (Å²) >= 11 is 0. The Balaban J connectivity index is 1.04. The second-order valence-corrected chi connectivity index (χ2v) is 12.2. The third kappa shape index (κ3) is 9.05. The number of nitrogens with one attached hydrogen (secondary N) is 2. The second-order valence-electron chi connectivity index (χ2n) is 12.2. The molecule has 6 rings (SSSR count). The van der Waals surface area contributed by atoms with Crippen LogP contribution in [0.25, 0.3) is 11.1 Å². The van der Waals surface area contributed by atoms with Gasteiger partial charge in [-0.1, -0.05) is 84.9 Å². The SMILES string of the molecule is Cc1cc(-c2ccc(NC(=O)c3cccc(OCCc4ccccc4)c3)c(C)c2)ccc1NC(=O)c1cccc(OCCc2ccccc2)c1. The van der Waals surface area contributed by atoms with E-state index < -0.39 is 0 Å². The topological polar surface area (TPSA) is 76.7 Å². The first-order chi connectivity index (χ1) is 24.4. The molecule has 0 fully saturated rings. The number of benzene rings is 6. The number of ether oxygens (including phenoxy) is 2. The number of amides is 2. The van der Waals surface area contributed by atoms with Gasteiger partial charge in [-0.2, -0.15) is 0 Å². The first kappa shape index (κ1) is 33.7. The van der Waals surface area contributed by atoms with Gasteiger partial charge >= 0.3 is 0 Å². The molecule has 0 unspecified atom stereocenters. The maximum absolute atomic E-state index is 13.2. The Bertz CT molecular complexity index is 1930. The van der Waals surface area contributed by atoms with E-state index in [2.05, 4.69) is 47.0 Å². The minimum Gasteiger partial charge on any atom is -0.493 e. The normalized spacial score (nSPS) is 10.7. The van der Waals surface area contributed by atoms with Crippen LogP contribution in [0, 0.1) is 13.8 Å². The highest BCUT2D eigenvalue weighted by atomic mass is 16.5. The molecule has 6 heteroatoms. The number of carbonyl (C=O) groups excluding carboxylic acids is 2. The van der Waals surface area contributed by atoms with Crippen molar-refractivity contribution in [2.75, 3.05) is 23.8 Å². The Morgan fingerprint density at radius 2 is 0.900 bits per heavy atom. The zero-order chi connectivity index (χ0) is 34.7. The fourth-order valence-corrected chi connectivity index (χ4v) is 5.67. The van der Waals surface area contributed by atoms with Crippen molar-refractivity contribution in [1.29, 1.82) is 0 Å². The van der Waals surface area contributed by atoms with Gasteiger partial charge in [-0.05, 0) is 108 Å². The molecule has 0 aliphatic rings. The lowest BCUT2D eigenvalue weighted by molar-refractivity contribution is 0.101. The van der Waals surface area contributed by atoms with Crippen LogP contribution < -0.4 is 20.1 Å². The van der Waals surface area contributed by atoms with E-state index in [1.807, 2.05) is 98.8 Å². The number of carbonyl (C=O) groups is 2. The molecule has 0 saturated carbocycles. The summed E-state index contributed by atoms with van der Waals surface area (Å²) in [5.41, 5.74) is 8.84.